The Kier molecular flexibility index (Phi) is 5.40. The average Bonchev–Trinajstić information content (AvgIpc) is 2.44. The number of anilines is 1. The molecule has 2 heterocycles. The summed E-state index contributed by atoms with van der Waals surface area (Å²) in [5, 5.41) is 3.60. The highest BCUT2D eigenvalue weighted by atomic mass is 35.5. The van der Waals surface area contributed by atoms with Gasteiger partial charge in [0.05, 0.1) is 5.02 Å². The molecule has 0 bridgehead atoms. The van der Waals surface area contributed by atoms with Gasteiger partial charge >= 0.3 is 0 Å². The van der Waals surface area contributed by atoms with E-state index in [1.54, 1.807) is 16.1 Å². The van der Waals surface area contributed by atoms with Crippen molar-refractivity contribution in [3.05, 3.63) is 17.3 Å². The molecule has 8 heteroatoms. The molecule has 1 saturated heterocycles. The third kappa shape index (κ3) is 3.47. The lowest BCUT2D eigenvalue weighted by atomic mass is 10.2. The molecule has 21 heavy (non-hydrogen) atoms. The van der Waals surface area contributed by atoms with Crippen molar-refractivity contribution in [2.75, 3.05) is 24.2 Å². The Morgan fingerprint density at radius 3 is 2.86 bits per heavy atom. The predicted octanol–water partition coefficient (Wildman–Crippen LogP) is 2.68. The van der Waals surface area contributed by atoms with E-state index in [2.05, 4.69) is 17.2 Å². The van der Waals surface area contributed by atoms with Gasteiger partial charge in [0.15, 0.2) is 0 Å². The molecular weight excluding hydrogens is 330 g/mol. The summed E-state index contributed by atoms with van der Waals surface area (Å²) in [7, 11) is -3.55. The number of hydrogen-bond acceptors (Lipinski definition) is 5. The molecule has 1 aromatic rings. The maximum Gasteiger partial charge on any atom is 0.244 e. The van der Waals surface area contributed by atoms with Gasteiger partial charge in [0.25, 0.3) is 0 Å². The van der Waals surface area contributed by atoms with Gasteiger partial charge in [-0.15, -0.1) is 0 Å². The summed E-state index contributed by atoms with van der Waals surface area (Å²) >= 11 is 7.90. The summed E-state index contributed by atoms with van der Waals surface area (Å²) < 4.78 is 27.1. The van der Waals surface area contributed by atoms with Crippen LogP contribution in [0.2, 0.25) is 5.02 Å². The molecule has 1 aromatic heterocycles. The zero-order valence-corrected chi connectivity index (χ0v) is 14.7. The molecule has 1 N–H and O–H groups in total. The number of halogens is 1. The number of nitrogens with zero attached hydrogens (tertiary/aromatic N) is 2. The fourth-order valence-corrected chi connectivity index (χ4v) is 5.50. The molecule has 0 saturated carbocycles. The lowest BCUT2D eigenvalue weighted by molar-refractivity contribution is 0.340. The molecule has 118 valence electrons. The van der Waals surface area contributed by atoms with Crippen LogP contribution in [-0.2, 0) is 10.0 Å². The van der Waals surface area contributed by atoms with E-state index >= 15 is 0 Å². The Bertz CT molecular complexity index is 609. The quantitative estimate of drug-likeness (QED) is 0.905. The number of hydrogen-bond donors (Lipinski definition) is 1. The summed E-state index contributed by atoms with van der Waals surface area (Å²) in [4.78, 5) is 4.27. The van der Waals surface area contributed by atoms with Crippen molar-refractivity contribution in [3.8, 4) is 0 Å². The van der Waals surface area contributed by atoms with E-state index in [0.29, 0.717) is 23.9 Å². The molecule has 2 rings (SSSR count). The van der Waals surface area contributed by atoms with Crippen LogP contribution in [0, 0.1) is 0 Å². The molecule has 0 amide bonds. The predicted molar refractivity (Wildman–Crippen MR) is 88.7 cm³/mol. The second-order valence-electron chi connectivity index (χ2n) is 4.96. The maximum absolute atomic E-state index is 12.8. The molecule has 0 aliphatic carbocycles. The van der Waals surface area contributed by atoms with Gasteiger partial charge in [-0.1, -0.05) is 18.5 Å². The summed E-state index contributed by atoms with van der Waals surface area (Å²) in [6.07, 6.45) is 1.37. The van der Waals surface area contributed by atoms with Crippen LogP contribution in [0.4, 0.5) is 5.82 Å². The SMILES string of the molecule is CCNc1ncc(S(=O)(=O)N2CCSC(C)C2C)cc1Cl. The first kappa shape index (κ1) is 16.9. The van der Waals surface area contributed by atoms with Crippen LogP contribution < -0.4 is 5.32 Å². The first-order chi connectivity index (χ1) is 9.87. The van der Waals surface area contributed by atoms with E-state index in [1.165, 1.54) is 12.3 Å². The number of aromatic nitrogens is 1. The largest absolute Gasteiger partial charge is 0.369 e. The van der Waals surface area contributed by atoms with E-state index in [0.717, 1.165) is 5.75 Å². The zero-order chi connectivity index (χ0) is 15.6. The van der Waals surface area contributed by atoms with Crippen LogP contribution in [0.5, 0.6) is 0 Å². The highest BCUT2D eigenvalue weighted by Gasteiger charge is 2.35. The highest BCUT2D eigenvalue weighted by Crippen LogP contribution is 2.31. The number of rotatable bonds is 4. The third-order valence-electron chi connectivity index (χ3n) is 3.59. The minimum atomic E-state index is -3.55. The van der Waals surface area contributed by atoms with E-state index < -0.39 is 10.0 Å². The van der Waals surface area contributed by atoms with Crippen molar-refractivity contribution in [1.29, 1.82) is 0 Å². The van der Waals surface area contributed by atoms with Gasteiger partial charge in [-0.05, 0) is 19.9 Å². The Morgan fingerprint density at radius 2 is 2.24 bits per heavy atom. The second kappa shape index (κ2) is 6.73. The molecule has 2 atom stereocenters. The van der Waals surface area contributed by atoms with Crippen LogP contribution in [-0.4, -0.2) is 47.8 Å². The molecule has 1 aliphatic heterocycles. The molecule has 1 aliphatic rings. The van der Waals surface area contributed by atoms with E-state index in [-0.39, 0.29) is 16.2 Å². The van der Waals surface area contributed by atoms with Gasteiger partial charge in [-0.2, -0.15) is 16.1 Å². The second-order valence-corrected chi connectivity index (χ2v) is 8.75. The van der Waals surface area contributed by atoms with Crippen molar-refractivity contribution < 1.29 is 8.42 Å². The molecule has 0 radical (unpaired) electrons. The summed E-state index contributed by atoms with van der Waals surface area (Å²) in [6.45, 7) is 7.12. The fraction of sp³-hybridized carbons (Fsp3) is 0.615. The van der Waals surface area contributed by atoms with Gasteiger partial charge < -0.3 is 5.32 Å². The van der Waals surface area contributed by atoms with Gasteiger partial charge in [-0.25, -0.2) is 13.4 Å². The van der Waals surface area contributed by atoms with Crippen molar-refractivity contribution in [2.45, 2.75) is 37.0 Å². The lowest BCUT2D eigenvalue weighted by Gasteiger charge is -2.36. The van der Waals surface area contributed by atoms with E-state index in [9.17, 15) is 8.42 Å². The molecule has 0 spiro atoms. The number of thioether (sulfide) groups is 1. The lowest BCUT2D eigenvalue weighted by Crippen LogP contribution is -2.47. The van der Waals surface area contributed by atoms with Crippen LogP contribution >= 0.6 is 23.4 Å². The summed E-state index contributed by atoms with van der Waals surface area (Å²) in [5.74, 6) is 1.32. The third-order valence-corrected chi connectivity index (χ3v) is 7.17. The first-order valence-electron chi connectivity index (χ1n) is 6.90. The standard InChI is InChI=1S/C13H20ClN3O2S2/c1-4-15-13-12(14)7-11(8-16-13)21(18,19)17-5-6-20-10(3)9(17)2/h7-10H,4-6H2,1-3H3,(H,15,16). The Morgan fingerprint density at radius 1 is 1.52 bits per heavy atom. The summed E-state index contributed by atoms with van der Waals surface area (Å²) in [5.41, 5.74) is 0. The Hall–Kier alpha value is -0.500. The fourth-order valence-electron chi connectivity index (χ4n) is 2.24. The molecule has 2 unspecified atom stereocenters. The average molecular weight is 350 g/mol. The summed E-state index contributed by atoms with van der Waals surface area (Å²) in [6, 6.07) is 1.43. The minimum Gasteiger partial charge on any atom is -0.369 e. The smallest absolute Gasteiger partial charge is 0.244 e. The maximum atomic E-state index is 12.8. The minimum absolute atomic E-state index is 0.0408. The molecule has 5 nitrogen and oxygen atoms in total. The van der Waals surface area contributed by atoms with Gasteiger partial charge in [0.1, 0.15) is 10.7 Å². The van der Waals surface area contributed by atoms with Gasteiger partial charge in [-0.3, -0.25) is 0 Å². The topological polar surface area (TPSA) is 62.3 Å². The van der Waals surface area contributed by atoms with Gasteiger partial charge in [0, 0.05) is 36.3 Å². The monoisotopic (exact) mass is 349 g/mol. The van der Waals surface area contributed by atoms with Crippen LogP contribution in [0.1, 0.15) is 20.8 Å². The molecular formula is C13H20ClN3O2S2. The van der Waals surface area contributed by atoms with E-state index in [4.69, 9.17) is 11.6 Å². The number of sulfonamides is 1. The van der Waals surface area contributed by atoms with Crippen molar-refractivity contribution >= 4 is 39.2 Å². The van der Waals surface area contributed by atoms with Crippen LogP contribution in [0.15, 0.2) is 17.2 Å². The van der Waals surface area contributed by atoms with Crippen molar-refractivity contribution in [2.24, 2.45) is 0 Å². The first-order valence-corrected chi connectivity index (χ1v) is 9.77. The molecule has 0 aromatic carbocycles. The van der Waals surface area contributed by atoms with Crippen LogP contribution in [0.3, 0.4) is 0 Å². The molecule has 1 fully saturated rings. The zero-order valence-electron chi connectivity index (χ0n) is 12.3. The van der Waals surface area contributed by atoms with Crippen molar-refractivity contribution in [3.63, 3.8) is 0 Å². The van der Waals surface area contributed by atoms with Crippen LogP contribution in [0.25, 0.3) is 0 Å². The Labute approximate surface area is 135 Å². The highest BCUT2D eigenvalue weighted by molar-refractivity contribution is 8.00. The number of pyridine rings is 1. The van der Waals surface area contributed by atoms with Gasteiger partial charge in [0.2, 0.25) is 10.0 Å². The van der Waals surface area contributed by atoms with E-state index in [1.807, 2.05) is 13.8 Å². The van der Waals surface area contributed by atoms with Crippen molar-refractivity contribution in [1.82, 2.24) is 9.29 Å². The number of nitrogens with one attached hydrogen (secondary N) is 1. The Balaban J connectivity index is 2.33. The normalized spacial score (nSPS) is 24.0.